The van der Waals surface area contributed by atoms with Gasteiger partial charge in [0, 0.05) is 37.3 Å². The molecule has 0 atom stereocenters. The highest BCUT2D eigenvalue weighted by Gasteiger charge is 2.16. The maximum atomic E-state index is 11.3. The Morgan fingerprint density at radius 3 is 2.80 bits per heavy atom. The summed E-state index contributed by atoms with van der Waals surface area (Å²) in [6.45, 7) is 3.68. The summed E-state index contributed by atoms with van der Waals surface area (Å²) in [5, 5.41) is 9.88. The number of carboxylic acid groups (broad SMARTS) is 1. The summed E-state index contributed by atoms with van der Waals surface area (Å²) in [7, 11) is 1.95. The predicted molar refractivity (Wildman–Crippen MR) is 78.3 cm³/mol. The van der Waals surface area contributed by atoms with Crippen LogP contribution in [0.5, 0.6) is 0 Å². The second-order valence-corrected chi connectivity index (χ2v) is 5.70. The number of thioether (sulfide) groups is 1. The number of hydrogen-bond donors (Lipinski definition) is 1. The van der Waals surface area contributed by atoms with Crippen LogP contribution in [0.3, 0.4) is 0 Å². The van der Waals surface area contributed by atoms with Crippen molar-refractivity contribution in [2.75, 3.05) is 5.75 Å². The molecule has 0 aliphatic carbocycles. The monoisotopic (exact) mass is 291 g/mol. The highest BCUT2D eigenvalue weighted by Crippen LogP contribution is 2.24. The lowest BCUT2D eigenvalue weighted by molar-refractivity contribution is 0.0691. The lowest BCUT2D eigenvalue weighted by Crippen LogP contribution is -2.06. The Morgan fingerprint density at radius 1 is 1.45 bits per heavy atom. The van der Waals surface area contributed by atoms with E-state index < -0.39 is 5.97 Å². The van der Waals surface area contributed by atoms with E-state index in [1.54, 1.807) is 19.2 Å². The zero-order valence-electron chi connectivity index (χ0n) is 11.8. The van der Waals surface area contributed by atoms with E-state index in [1.807, 2.05) is 24.7 Å². The normalized spacial score (nSPS) is 10.8. The van der Waals surface area contributed by atoms with E-state index in [4.69, 9.17) is 0 Å². The first-order valence-electron chi connectivity index (χ1n) is 6.29. The first-order valence-corrected chi connectivity index (χ1v) is 7.28. The molecule has 0 unspecified atom stereocenters. The Morgan fingerprint density at radius 2 is 2.20 bits per heavy atom. The minimum Gasteiger partial charge on any atom is -0.478 e. The molecule has 20 heavy (non-hydrogen) atoms. The molecule has 0 aliphatic rings. The average molecular weight is 291 g/mol. The van der Waals surface area contributed by atoms with Crippen LogP contribution in [0.1, 0.15) is 27.4 Å². The topological polar surface area (TPSA) is 68.0 Å². The van der Waals surface area contributed by atoms with Crippen LogP contribution in [0.15, 0.2) is 23.5 Å². The van der Waals surface area contributed by atoms with E-state index >= 15 is 0 Å². The standard InChI is InChI=1S/C14H17N3O2S/c1-9-8-10(2)16-13(12(9)14(18)19)20-7-4-11-15-5-6-17(11)3/h5-6,8H,4,7H2,1-3H3,(H,18,19). The number of aromatic carboxylic acids is 1. The highest BCUT2D eigenvalue weighted by atomic mass is 32.2. The number of carbonyl (C=O) groups is 1. The molecule has 0 fully saturated rings. The van der Waals surface area contributed by atoms with Gasteiger partial charge in [0.25, 0.3) is 0 Å². The van der Waals surface area contributed by atoms with E-state index in [2.05, 4.69) is 9.97 Å². The summed E-state index contributed by atoms with van der Waals surface area (Å²) >= 11 is 1.47. The van der Waals surface area contributed by atoms with Crippen molar-refractivity contribution in [1.82, 2.24) is 14.5 Å². The first kappa shape index (κ1) is 14.6. The van der Waals surface area contributed by atoms with Crippen molar-refractivity contribution in [3.8, 4) is 0 Å². The summed E-state index contributed by atoms with van der Waals surface area (Å²) < 4.78 is 1.97. The fourth-order valence-electron chi connectivity index (χ4n) is 2.04. The Labute approximate surface area is 122 Å². The third-order valence-corrected chi connectivity index (χ3v) is 3.99. The summed E-state index contributed by atoms with van der Waals surface area (Å²) in [5.74, 6) is 0.814. The Balaban J connectivity index is 2.13. The Bertz CT molecular complexity index is 637. The van der Waals surface area contributed by atoms with E-state index in [9.17, 15) is 9.90 Å². The summed E-state index contributed by atoms with van der Waals surface area (Å²) in [6, 6.07) is 1.80. The maximum Gasteiger partial charge on any atom is 0.338 e. The second-order valence-electron chi connectivity index (χ2n) is 4.62. The molecule has 0 aliphatic heterocycles. The number of aromatic nitrogens is 3. The van der Waals surface area contributed by atoms with Crippen LogP contribution in [0.25, 0.3) is 0 Å². The smallest absolute Gasteiger partial charge is 0.338 e. The number of carboxylic acids is 1. The second kappa shape index (κ2) is 6.09. The lowest BCUT2D eigenvalue weighted by Gasteiger charge is -2.09. The minimum atomic E-state index is -0.922. The molecular formula is C14H17N3O2S. The van der Waals surface area contributed by atoms with E-state index in [-0.39, 0.29) is 0 Å². The molecule has 2 heterocycles. The Hall–Kier alpha value is -1.82. The molecule has 2 aromatic rings. The van der Waals surface area contributed by atoms with Gasteiger partial charge in [0.1, 0.15) is 10.9 Å². The lowest BCUT2D eigenvalue weighted by atomic mass is 10.1. The SMILES string of the molecule is Cc1cc(C)c(C(=O)O)c(SCCc2nccn2C)n1. The van der Waals surface area contributed by atoms with Gasteiger partial charge in [-0.2, -0.15) is 0 Å². The van der Waals surface area contributed by atoms with E-state index in [1.165, 1.54) is 11.8 Å². The highest BCUT2D eigenvalue weighted by molar-refractivity contribution is 7.99. The van der Waals surface area contributed by atoms with E-state index in [0.29, 0.717) is 10.6 Å². The number of rotatable bonds is 5. The van der Waals surface area contributed by atoms with E-state index in [0.717, 1.165) is 29.3 Å². The van der Waals surface area contributed by atoms with Crippen LogP contribution >= 0.6 is 11.8 Å². The first-order chi connectivity index (χ1) is 9.49. The van der Waals surface area contributed by atoms with Gasteiger partial charge in [-0.05, 0) is 25.5 Å². The van der Waals surface area contributed by atoms with Gasteiger partial charge in [0.15, 0.2) is 0 Å². The molecule has 6 heteroatoms. The molecule has 0 spiro atoms. The molecule has 1 N–H and O–H groups in total. The van der Waals surface area contributed by atoms with Gasteiger partial charge in [-0.3, -0.25) is 0 Å². The van der Waals surface area contributed by atoms with Crippen LogP contribution in [0.4, 0.5) is 0 Å². The molecule has 0 radical (unpaired) electrons. The third-order valence-electron chi connectivity index (χ3n) is 3.01. The van der Waals surface area contributed by atoms with Crippen LogP contribution in [-0.4, -0.2) is 31.4 Å². The predicted octanol–water partition coefficient (Wildman–Crippen LogP) is 2.46. The number of imidazole rings is 1. The Kier molecular flexibility index (Phi) is 4.44. The fourth-order valence-corrected chi connectivity index (χ4v) is 3.12. The van der Waals surface area contributed by atoms with Gasteiger partial charge >= 0.3 is 5.97 Å². The minimum absolute atomic E-state index is 0.306. The van der Waals surface area contributed by atoms with Crippen LogP contribution in [0.2, 0.25) is 0 Å². The van der Waals surface area contributed by atoms with Crippen LogP contribution in [0, 0.1) is 13.8 Å². The molecule has 5 nitrogen and oxygen atoms in total. The van der Waals surface area contributed by atoms with Crippen molar-refractivity contribution in [1.29, 1.82) is 0 Å². The van der Waals surface area contributed by atoms with Crippen molar-refractivity contribution in [2.45, 2.75) is 25.3 Å². The van der Waals surface area contributed by atoms with Gasteiger partial charge in [0.2, 0.25) is 0 Å². The quantitative estimate of drug-likeness (QED) is 0.857. The average Bonchev–Trinajstić information content (AvgIpc) is 2.73. The molecule has 0 saturated carbocycles. The molecular weight excluding hydrogens is 274 g/mol. The zero-order valence-corrected chi connectivity index (χ0v) is 12.6. The van der Waals surface area contributed by atoms with Crippen LogP contribution < -0.4 is 0 Å². The number of hydrogen-bond acceptors (Lipinski definition) is 4. The van der Waals surface area contributed by atoms with Crippen molar-refractivity contribution >= 4 is 17.7 Å². The van der Waals surface area contributed by atoms with Crippen LogP contribution in [-0.2, 0) is 13.5 Å². The van der Waals surface area contributed by atoms with Crippen molar-refractivity contribution in [3.05, 3.63) is 41.1 Å². The number of pyridine rings is 1. The van der Waals surface area contributed by atoms with Crippen molar-refractivity contribution in [2.24, 2.45) is 7.05 Å². The van der Waals surface area contributed by atoms with Gasteiger partial charge in [0.05, 0.1) is 5.56 Å². The molecule has 0 bridgehead atoms. The number of aryl methyl sites for hydroxylation is 4. The molecule has 0 aromatic carbocycles. The largest absolute Gasteiger partial charge is 0.478 e. The zero-order chi connectivity index (χ0) is 14.7. The van der Waals surface area contributed by atoms with Crippen molar-refractivity contribution in [3.63, 3.8) is 0 Å². The fraction of sp³-hybridized carbons (Fsp3) is 0.357. The molecule has 2 rings (SSSR count). The molecule has 106 valence electrons. The maximum absolute atomic E-state index is 11.3. The van der Waals surface area contributed by atoms with Gasteiger partial charge in [-0.1, -0.05) is 0 Å². The molecule has 2 aromatic heterocycles. The summed E-state index contributed by atoms with van der Waals surface area (Å²) in [6.07, 6.45) is 4.44. The number of nitrogens with zero attached hydrogens (tertiary/aromatic N) is 3. The summed E-state index contributed by atoms with van der Waals surface area (Å²) in [5.41, 5.74) is 1.90. The van der Waals surface area contributed by atoms with Crippen molar-refractivity contribution < 1.29 is 9.90 Å². The third kappa shape index (κ3) is 3.19. The van der Waals surface area contributed by atoms with Gasteiger partial charge in [-0.25, -0.2) is 14.8 Å². The molecule has 0 saturated heterocycles. The van der Waals surface area contributed by atoms with Gasteiger partial charge in [-0.15, -0.1) is 11.8 Å². The molecule has 0 amide bonds. The summed E-state index contributed by atoms with van der Waals surface area (Å²) in [4.78, 5) is 19.9. The van der Waals surface area contributed by atoms with Gasteiger partial charge < -0.3 is 9.67 Å².